The number of carbonyl (C=O) groups excluding carboxylic acids is 1. The molecule has 0 saturated carbocycles. The molecule has 1 amide bonds. The number of nitrogen functional groups attached to an aromatic ring is 1. The van der Waals surface area contributed by atoms with Gasteiger partial charge in [-0.2, -0.15) is 0 Å². The maximum absolute atomic E-state index is 12.4. The number of hydrogen-bond donors (Lipinski definition) is 1. The van der Waals surface area contributed by atoms with Crippen LogP contribution in [0.25, 0.3) is 0 Å². The van der Waals surface area contributed by atoms with E-state index in [0.29, 0.717) is 18.8 Å². The highest BCUT2D eigenvalue weighted by molar-refractivity contribution is 9.10. The van der Waals surface area contributed by atoms with E-state index in [1.54, 1.807) is 24.2 Å². The summed E-state index contributed by atoms with van der Waals surface area (Å²) < 4.78 is 6.05. The van der Waals surface area contributed by atoms with Gasteiger partial charge in [0.15, 0.2) is 0 Å². The van der Waals surface area contributed by atoms with Gasteiger partial charge in [-0.15, -0.1) is 0 Å². The number of halogens is 1. The first kappa shape index (κ1) is 13.3. The van der Waals surface area contributed by atoms with Crippen LogP contribution in [0, 0.1) is 0 Å². The number of rotatable bonds is 2. The predicted molar refractivity (Wildman–Crippen MR) is 72.3 cm³/mol. The van der Waals surface area contributed by atoms with E-state index in [9.17, 15) is 4.79 Å². The highest BCUT2D eigenvalue weighted by atomic mass is 79.9. The molecule has 1 aromatic heterocycles. The minimum Gasteiger partial charge on any atom is -0.383 e. The van der Waals surface area contributed by atoms with Crippen LogP contribution in [0.4, 0.5) is 5.82 Å². The Morgan fingerprint density at radius 1 is 1.56 bits per heavy atom. The lowest BCUT2D eigenvalue weighted by molar-refractivity contribution is 0.0362. The number of nitrogens with zero attached hydrogens (tertiary/aromatic N) is 2. The number of pyridine rings is 1. The average Bonchev–Trinajstić information content (AvgIpc) is 2.41. The van der Waals surface area contributed by atoms with E-state index < -0.39 is 0 Å². The molecule has 0 bridgehead atoms. The zero-order valence-electron chi connectivity index (χ0n) is 10.2. The lowest BCUT2D eigenvalue weighted by atomic mass is 10.1. The molecule has 2 heterocycles. The summed E-state index contributed by atoms with van der Waals surface area (Å²) in [5.74, 6) is 0.176. The second-order valence-electron chi connectivity index (χ2n) is 4.35. The molecule has 2 rings (SSSR count). The molecular formula is C12H16BrN3O2. The van der Waals surface area contributed by atoms with Crippen LogP contribution in [-0.4, -0.2) is 42.1 Å². The maximum Gasteiger partial charge on any atom is 0.257 e. The van der Waals surface area contributed by atoms with Crippen LogP contribution in [0.3, 0.4) is 0 Å². The highest BCUT2D eigenvalue weighted by Gasteiger charge is 2.24. The molecule has 0 atom stereocenters. The second-order valence-corrected chi connectivity index (χ2v) is 5.26. The minimum atomic E-state index is -0.0896. The Balaban J connectivity index is 2.16. The van der Waals surface area contributed by atoms with E-state index in [-0.39, 0.29) is 17.8 Å². The Hall–Kier alpha value is -1.14. The van der Waals surface area contributed by atoms with Crippen LogP contribution in [0.1, 0.15) is 23.2 Å². The van der Waals surface area contributed by atoms with E-state index in [1.165, 1.54) is 0 Å². The van der Waals surface area contributed by atoms with Gasteiger partial charge in [0.05, 0.1) is 5.56 Å². The summed E-state index contributed by atoms with van der Waals surface area (Å²) in [6.45, 7) is 1.41. The average molecular weight is 314 g/mol. The molecule has 0 aromatic carbocycles. The summed E-state index contributed by atoms with van der Waals surface area (Å²) in [6, 6.07) is 1.92. The van der Waals surface area contributed by atoms with Crippen molar-refractivity contribution in [3.63, 3.8) is 0 Å². The molecule has 6 heteroatoms. The SMILES string of the molecule is CN(C(=O)c1cc(Br)cnc1N)C1CCOCC1. The predicted octanol–water partition coefficient (Wildman–Crippen LogP) is 1.68. The molecule has 5 nitrogen and oxygen atoms in total. The number of nitrogens with two attached hydrogens (primary N) is 1. The van der Waals surface area contributed by atoms with E-state index in [4.69, 9.17) is 10.5 Å². The van der Waals surface area contributed by atoms with Crippen molar-refractivity contribution in [1.29, 1.82) is 0 Å². The van der Waals surface area contributed by atoms with E-state index in [2.05, 4.69) is 20.9 Å². The first-order valence-electron chi connectivity index (χ1n) is 5.85. The largest absolute Gasteiger partial charge is 0.383 e. The summed E-state index contributed by atoms with van der Waals surface area (Å²) in [5.41, 5.74) is 6.20. The van der Waals surface area contributed by atoms with Gasteiger partial charge in [0.25, 0.3) is 5.91 Å². The molecule has 0 unspecified atom stereocenters. The topological polar surface area (TPSA) is 68.5 Å². The minimum absolute atomic E-state index is 0.0896. The smallest absolute Gasteiger partial charge is 0.257 e. The Bertz CT molecular complexity index is 447. The molecule has 1 aliphatic heterocycles. The molecule has 0 spiro atoms. The zero-order chi connectivity index (χ0) is 13.1. The summed E-state index contributed by atoms with van der Waals surface area (Å²) in [7, 11) is 1.80. The van der Waals surface area contributed by atoms with Gasteiger partial charge in [-0.05, 0) is 34.8 Å². The van der Waals surface area contributed by atoms with Crippen molar-refractivity contribution in [2.24, 2.45) is 0 Å². The number of anilines is 1. The lowest BCUT2D eigenvalue weighted by Crippen LogP contribution is -2.40. The monoisotopic (exact) mass is 313 g/mol. The summed E-state index contributed by atoms with van der Waals surface area (Å²) in [4.78, 5) is 18.1. The number of hydrogen-bond acceptors (Lipinski definition) is 4. The van der Waals surface area contributed by atoms with Crippen LogP contribution >= 0.6 is 15.9 Å². The van der Waals surface area contributed by atoms with Gasteiger partial charge in [0.1, 0.15) is 5.82 Å². The van der Waals surface area contributed by atoms with Crippen molar-refractivity contribution in [3.8, 4) is 0 Å². The Morgan fingerprint density at radius 3 is 2.89 bits per heavy atom. The number of amides is 1. The first-order valence-corrected chi connectivity index (χ1v) is 6.65. The molecule has 1 aliphatic rings. The van der Waals surface area contributed by atoms with Crippen molar-refractivity contribution in [3.05, 3.63) is 22.3 Å². The van der Waals surface area contributed by atoms with Crippen molar-refractivity contribution in [1.82, 2.24) is 9.88 Å². The van der Waals surface area contributed by atoms with E-state index >= 15 is 0 Å². The summed E-state index contributed by atoms with van der Waals surface area (Å²) in [6.07, 6.45) is 3.31. The van der Waals surface area contributed by atoms with Gasteiger partial charge in [-0.1, -0.05) is 0 Å². The van der Waals surface area contributed by atoms with Gasteiger partial charge in [-0.3, -0.25) is 4.79 Å². The normalized spacial score (nSPS) is 16.6. The molecule has 98 valence electrons. The molecule has 2 N–H and O–H groups in total. The molecule has 0 aliphatic carbocycles. The second kappa shape index (κ2) is 5.67. The van der Waals surface area contributed by atoms with Crippen molar-refractivity contribution >= 4 is 27.7 Å². The van der Waals surface area contributed by atoms with Crippen molar-refractivity contribution in [2.75, 3.05) is 26.0 Å². The van der Waals surface area contributed by atoms with E-state index in [1.807, 2.05) is 0 Å². The molecule has 0 radical (unpaired) electrons. The third-order valence-electron chi connectivity index (χ3n) is 3.17. The third-order valence-corrected chi connectivity index (χ3v) is 3.61. The third kappa shape index (κ3) is 2.81. The van der Waals surface area contributed by atoms with Gasteiger partial charge >= 0.3 is 0 Å². The van der Waals surface area contributed by atoms with Gasteiger partial charge in [0, 0.05) is 37.0 Å². The molecule has 1 fully saturated rings. The zero-order valence-corrected chi connectivity index (χ0v) is 11.8. The Labute approximate surface area is 114 Å². The van der Waals surface area contributed by atoms with Crippen LogP contribution in [0.2, 0.25) is 0 Å². The van der Waals surface area contributed by atoms with Crippen LogP contribution in [0.15, 0.2) is 16.7 Å². The highest BCUT2D eigenvalue weighted by Crippen LogP contribution is 2.20. The molecular weight excluding hydrogens is 298 g/mol. The van der Waals surface area contributed by atoms with Crippen LogP contribution in [0.5, 0.6) is 0 Å². The van der Waals surface area contributed by atoms with Gasteiger partial charge in [-0.25, -0.2) is 4.98 Å². The Kier molecular flexibility index (Phi) is 4.19. The first-order chi connectivity index (χ1) is 8.59. The van der Waals surface area contributed by atoms with Crippen LogP contribution in [-0.2, 0) is 4.74 Å². The number of ether oxygens (including phenoxy) is 1. The maximum atomic E-state index is 12.4. The quantitative estimate of drug-likeness (QED) is 0.902. The number of carbonyl (C=O) groups is 1. The summed E-state index contributed by atoms with van der Waals surface area (Å²) in [5, 5.41) is 0. The fourth-order valence-electron chi connectivity index (χ4n) is 2.05. The standard InChI is InChI=1S/C12H16BrN3O2/c1-16(9-2-4-18-5-3-9)12(17)10-6-8(13)7-15-11(10)14/h6-7,9H,2-5H2,1H3,(H2,14,15). The number of aromatic nitrogens is 1. The van der Waals surface area contributed by atoms with Crippen molar-refractivity contribution < 1.29 is 9.53 Å². The van der Waals surface area contributed by atoms with Crippen molar-refractivity contribution in [2.45, 2.75) is 18.9 Å². The van der Waals surface area contributed by atoms with Gasteiger partial charge in [0.2, 0.25) is 0 Å². The lowest BCUT2D eigenvalue weighted by Gasteiger charge is -2.31. The Morgan fingerprint density at radius 2 is 2.22 bits per heavy atom. The fraction of sp³-hybridized carbons (Fsp3) is 0.500. The molecule has 1 aromatic rings. The van der Waals surface area contributed by atoms with E-state index in [0.717, 1.165) is 17.3 Å². The summed E-state index contributed by atoms with van der Waals surface area (Å²) >= 11 is 3.30. The molecule has 1 saturated heterocycles. The fourth-order valence-corrected chi connectivity index (χ4v) is 2.38. The van der Waals surface area contributed by atoms with Crippen LogP contribution < -0.4 is 5.73 Å². The molecule has 18 heavy (non-hydrogen) atoms. The van der Waals surface area contributed by atoms with Gasteiger partial charge < -0.3 is 15.4 Å².